The maximum atomic E-state index is 9.41. The minimum absolute atomic E-state index is 0.292. The van der Waals surface area contributed by atoms with Gasteiger partial charge in [0.05, 0.1) is 0 Å². The smallest absolute Gasteiger partial charge is 0.126 e. The molecule has 3 heteroatoms. The minimum atomic E-state index is 0.292. The molecule has 3 nitrogen and oxygen atoms in total. The quantitative estimate of drug-likeness (QED) is 0.807. The zero-order chi connectivity index (χ0) is 11.7. The van der Waals surface area contributed by atoms with Gasteiger partial charge in [0.25, 0.3) is 0 Å². The van der Waals surface area contributed by atoms with Gasteiger partial charge in [0, 0.05) is 12.1 Å². The molecule has 1 aromatic rings. The standard InChI is InChI=1S/C14H19NO2/c16-13-5-4-11-8-12(10-17-14(11)9-13)15-6-2-1-3-7-15/h4-5,9,12,16H,1-3,6-8,10H2. The molecule has 1 fully saturated rings. The summed E-state index contributed by atoms with van der Waals surface area (Å²) < 4.78 is 5.77. The van der Waals surface area contributed by atoms with E-state index < -0.39 is 0 Å². The van der Waals surface area contributed by atoms with E-state index in [1.54, 1.807) is 12.1 Å². The predicted octanol–water partition coefficient (Wildman–Crippen LogP) is 2.18. The number of benzene rings is 1. The number of hydrogen-bond acceptors (Lipinski definition) is 3. The number of phenols is 1. The highest BCUT2D eigenvalue weighted by atomic mass is 16.5. The Morgan fingerprint density at radius 2 is 2.00 bits per heavy atom. The summed E-state index contributed by atoms with van der Waals surface area (Å²) >= 11 is 0. The molecule has 0 spiro atoms. The number of aromatic hydroxyl groups is 1. The number of hydrogen-bond donors (Lipinski definition) is 1. The summed E-state index contributed by atoms with van der Waals surface area (Å²) in [6.45, 7) is 3.18. The minimum Gasteiger partial charge on any atom is -0.508 e. The molecule has 0 aromatic heterocycles. The third-order valence-electron chi connectivity index (χ3n) is 3.84. The number of ether oxygens (including phenoxy) is 1. The first-order valence-corrected chi connectivity index (χ1v) is 6.52. The first-order valence-electron chi connectivity index (χ1n) is 6.52. The van der Waals surface area contributed by atoms with Gasteiger partial charge in [0.2, 0.25) is 0 Å². The van der Waals surface area contributed by atoms with E-state index in [0.29, 0.717) is 11.8 Å². The largest absolute Gasteiger partial charge is 0.508 e. The maximum Gasteiger partial charge on any atom is 0.126 e. The van der Waals surface area contributed by atoms with Crippen molar-refractivity contribution >= 4 is 0 Å². The topological polar surface area (TPSA) is 32.7 Å². The zero-order valence-electron chi connectivity index (χ0n) is 10.1. The lowest BCUT2D eigenvalue weighted by Gasteiger charge is -2.37. The van der Waals surface area contributed by atoms with Gasteiger partial charge in [-0.2, -0.15) is 0 Å². The van der Waals surface area contributed by atoms with Gasteiger partial charge in [-0.15, -0.1) is 0 Å². The molecule has 2 aliphatic rings. The molecule has 0 aliphatic carbocycles. The van der Waals surface area contributed by atoms with E-state index in [1.807, 2.05) is 6.07 Å². The molecular formula is C14H19NO2. The number of nitrogens with zero attached hydrogens (tertiary/aromatic N) is 1. The Hall–Kier alpha value is -1.22. The van der Waals surface area contributed by atoms with Gasteiger partial charge in [-0.1, -0.05) is 12.5 Å². The van der Waals surface area contributed by atoms with Crippen LogP contribution < -0.4 is 4.74 Å². The Morgan fingerprint density at radius 1 is 1.18 bits per heavy atom. The summed E-state index contributed by atoms with van der Waals surface area (Å²) in [4.78, 5) is 2.55. The fourth-order valence-corrected chi connectivity index (χ4v) is 2.86. The summed E-state index contributed by atoms with van der Waals surface area (Å²) in [6.07, 6.45) is 5.06. The Bertz CT molecular complexity index is 399. The van der Waals surface area contributed by atoms with Crippen LogP contribution in [0.5, 0.6) is 11.5 Å². The number of piperidine rings is 1. The van der Waals surface area contributed by atoms with Crippen molar-refractivity contribution in [1.82, 2.24) is 4.90 Å². The van der Waals surface area contributed by atoms with Crippen molar-refractivity contribution in [2.75, 3.05) is 19.7 Å². The van der Waals surface area contributed by atoms with Crippen LogP contribution in [0.25, 0.3) is 0 Å². The average molecular weight is 233 g/mol. The van der Waals surface area contributed by atoms with Crippen molar-refractivity contribution in [2.24, 2.45) is 0 Å². The van der Waals surface area contributed by atoms with E-state index >= 15 is 0 Å². The lowest BCUT2D eigenvalue weighted by Crippen LogP contribution is -2.45. The second kappa shape index (κ2) is 4.57. The van der Waals surface area contributed by atoms with Gasteiger partial charge < -0.3 is 9.84 Å². The van der Waals surface area contributed by atoms with Crippen molar-refractivity contribution in [3.05, 3.63) is 23.8 Å². The van der Waals surface area contributed by atoms with E-state index in [0.717, 1.165) is 18.8 Å². The molecule has 2 aliphatic heterocycles. The summed E-state index contributed by atoms with van der Waals surface area (Å²) in [7, 11) is 0. The van der Waals surface area contributed by atoms with E-state index in [-0.39, 0.29) is 0 Å². The van der Waals surface area contributed by atoms with Crippen LogP contribution in [-0.2, 0) is 6.42 Å². The molecular weight excluding hydrogens is 214 g/mol. The third-order valence-corrected chi connectivity index (χ3v) is 3.84. The van der Waals surface area contributed by atoms with Crippen LogP contribution >= 0.6 is 0 Å². The van der Waals surface area contributed by atoms with Gasteiger partial charge in [-0.3, -0.25) is 4.90 Å². The van der Waals surface area contributed by atoms with Crippen LogP contribution in [0.4, 0.5) is 0 Å². The Labute approximate surface area is 102 Å². The van der Waals surface area contributed by atoms with Crippen LogP contribution in [0.15, 0.2) is 18.2 Å². The van der Waals surface area contributed by atoms with Crippen LogP contribution in [0.3, 0.4) is 0 Å². The monoisotopic (exact) mass is 233 g/mol. The van der Waals surface area contributed by atoms with Gasteiger partial charge >= 0.3 is 0 Å². The number of phenolic OH excluding ortho intramolecular Hbond substituents is 1. The zero-order valence-corrected chi connectivity index (χ0v) is 10.1. The van der Waals surface area contributed by atoms with Crippen LogP contribution in [0, 0.1) is 0 Å². The SMILES string of the molecule is Oc1ccc2c(c1)OCC(N1CCCCC1)C2. The highest BCUT2D eigenvalue weighted by Crippen LogP contribution is 2.30. The van der Waals surface area contributed by atoms with E-state index in [4.69, 9.17) is 4.74 Å². The number of fused-ring (bicyclic) bond motifs is 1. The Kier molecular flexibility index (Phi) is 2.93. The second-order valence-corrected chi connectivity index (χ2v) is 5.06. The van der Waals surface area contributed by atoms with Crippen LogP contribution in [-0.4, -0.2) is 35.7 Å². The first-order chi connectivity index (χ1) is 8.33. The first kappa shape index (κ1) is 10.9. The molecule has 0 radical (unpaired) electrons. The van der Waals surface area contributed by atoms with Crippen LogP contribution in [0.2, 0.25) is 0 Å². The number of likely N-dealkylation sites (tertiary alicyclic amines) is 1. The molecule has 92 valence electrons. The fraction of sp³-hybridized carbons (Fsp3) is 0.571. The molecule has 1 saturated heterocycles. The highest BCUT2D eigenvalue weighted by molar-refractivity contribution is 5.41. The van der Waals surface area contributed by atoms with Gasteiger partial charge in [-0.05, 0) is 44.0 Å². The normalized spacial score (nSPS) is 25.1. The molecule has 0 amide bonds. The van der Waals surface area contributed by atoms with Gasteiger partial charge in [0.1, 0.15) is 18.1 Å². The summed E-state index contributed by atoms with van der Waals surface area (Å²) in [6, 6.07) is 5.98. The molecule has 1 atom stereocenters. The van der Waals surface area contributed by atoms with Crippen molar-refractivity contribution < 1.29 is 9.84 Å². The van der Waals surface area contributed by atoms with Gasteiger partial charge in [-0.25, -0.2) is 0 Å². The Morgan fingerprint density at radius 3 is 2.82 bits per heavy atom. The molecule has 3 rings (SSSR count). The van der Waals surface area contributed by atoms with Crippen molar-refractivity contribution in [3.63, 3.8) is 0 Å². The molecule has 1 aromatic carbocycles. The number of rotatable bonds is 1. The molecule has 1 unspecified atom stereocenters. The van der Waals surface area contributed by atoms with Crippen LogP contribution in [0.1, 0.15) is 24.8 Å². The predicted molar refractivity (Wildman–Crippen MR) is 66.5 cm³/mol. The third kappa shape index (κ3) is 2.25. The highest BCUT2D eigenvalue weighted by Gasteiger charge is 2.26. The maximum absolute atomic E-state index is 9.41. The molecule has 2 heterocycles. The van der Waals surface area contributed by atoms with E-state index in [2.05, 4.69) is 4.90 Å². The van der Waals surface area contributed by atoms with Crippen molar-refractivity contribution in [3.8, 4) is 11.5 Å². The molecule has 1 N–H and O–H groups in total. The molecule has 0 bridgehead atoms. The second-order valence-electron chi connectivity index (χ2n) is 5.06. The molecule has 17 heavy (non-hydrogen) atoms. The summed E-state index contributed by atoms with van der Waals surface area (Å²) in [5.41, 5.74) is 1.23. The van der Waals surface area contributed by atoms with Crippen molar-refractivity contribution in [1.29, 1.82) is 0 Å². The lowest BCUT2D eigenvalue weighted by molar-refractivity contribution is 0.101. The average Bonchev–Trinajstić information content (AvgIpc) is 2.39. The molecule has 0 saturated carbocycles. The summed E-state index contributed by atoms with van der Waals surface area (Å²) in [5, 5.41) is 9.41. The lowest BCUT2D eigenvalue weighted by atomic mass is 9.99. The fourth-order valence-electron chi connectivity index (χ4n) is 2.86. The Balaban J connectivity index is 1.73. The van der Waals surface area contributed by atoms with E-state index in [1.165, 1.54) is 37.9 Å². The van der Waals surface area contributed by atoms with E-state index in [9.17, 15) is 5.11 Å². The van der Waals surface area contributed by atoms with Crippen molar-refractivity contribution in [2.45, 2.75) is 31.7 Å². The van der Waals surface area contributed by atoms with Gasteiger partial charge in [0.15, 0.2) is 0 Å². The summed E-state index contributed by atoms with van der Waals surface area (Å²) in [5.74, 6) is 1.15.